The molecule has 5 nitrogen and oxygen atoms in total. The van der Waals surface area contributed by atoms with Crippen LogP contribution in [0.1, 0.15) is 54.1 Å². The fraction of sp³-hybridized carbons (Fsp3) is 0.444. The SMILES string of the molecule is CC(C)(O)C#Cc1ccc([C@H]2[C@@H](CO)N3CCCCN(C(=O)c4cccc(F)c4)C[C@@H]23)cc1. The van der Waals surface area contributed by atoms with Crippen LogP contribution in [-0.4, -0.2) is 69.8 Å². The molecule has 3 atom stereocenters. The minimum absolute atomic E-state index is 0.00697. The van der Waals surface area contributed by atoms with Gasteiger partial charge in [0.2, 0.25) is 0 Å². The molecule has 0 bridgehead atoms. The summed E-state index contributed by atoms with van der Waals surface area (Å²) in [6, 6.07) is 13.9. The van der Waals surface area contributed by atoms with Crippen molar-refractivity contribution in [2.75, 3.05) is 26.2 Å². The van der Waals surface area contributed by atoms with E-state index in [1.54, 1.807) is 26.0 Å². The van der Waals surface area contributed by atoms with E-state index in [4.69, 9.17) is 0 Å². The fourth-order valence-corrected chi connectivity index (χ4v) is 4.94. The Bertz CT molecular complexity index is 1050. The number of aliphatic hydroxyl groups is 2. The number of amides is 1. The maximum Gasteiger partial charge on any atom is 0.254 e. The van der Waals surface area contributed by atoms with Crippen molar-refractivity contribution >= 4 is 5.91 Å². The normalized spacial score (nSPS) is 23.4. The van der Waals surface area contributed by atoms with Crippen molar-refractivity contribution in [2.45, 2.75) is 50.3 Å². The zero-order valence-electron chi connectivity index (χ0n) is 19.2. The number of aliphatic hydroxyl groups excluding tert-OH is 1. The standard InChI is InChI=1S/C27H31FN2O3/c1-27(2,33)13-12-19-8-10-20(11-9-19)25-23-17-29(14-3-4-15-30(23)24(25)18-31)26(32)21-6-5-7-22(28)16-21/h5-11,16,23-25,31,33H,3-4,14-15,17-18H2,1-2H3/t23-,24+,25+/m0/s1. The smallest absolute Gasteiger partial charge is 0.254 e. The molecule has 2 saturated heterocycles. The van der Waals surface area contributed by atoms with Gasteiger partial charge in [0.15, 0.2) is 0 Å². The Morgan fingerprint density at radius 1 is 1.15 bits per heavy atom. The monoisotopic (exact) mass is 450 g/mol. The number of benzene rings is 2. The molecule has 6 heteroatoms. The summed E-state index contributed by atoms with van der Waals surface area (Å²) in [4.78, 5) is 17.3. The Morgan fingerprint density at radius 2 is 1.88 bits per heavy atom. The third-order valence-electron chi connectivity index (χ3n) is 6.54. The van der Waals surface area contributed by atoms with E-state index in [9.17, 15) is 19.4 Å². The second-order valence-corrected chi connectivity index (χ2v) is 9.48. The molecule has 174 valence electrons. The first-order valence-electron chi connectivity index (χ1n) is 11.5. The van der Waals surface area contributed by atoms with E-state index in [1.807, 2.05) is 29.2 Å². The number of halogens is 1. The van der Waals surface area contributed by atoms with E-state index in [2.05, 4.69) is 16.7 Å². The van der Waals surface area contributed by atoms with Gasteiger partial charge in [-0.05, 0) is 69.1 Å². The number of fused-ring (bicyclic) bond motifs is 1. The second-order valence-electron chi connectivity index (χ2n) is 9.48. The van der Waals surface area contributed by atoms with Crippen molar-refractivity contribution in [1.29, 1.82) is 0 Å². The molecule has 0 aliphatic carbocycles. The predicted molar refractivity (Wildman–Crippen MR) is 125 cm³/mol. The molecular weight excluding hydrogens is 419 g/mol. The van der Waals surface area contributed by atoms with Gasteiger partial charge in [0.25, 0.3) is 5.91 Å². The van der Waals surface area contributed by atoms with Crippen LogP contribution in [-0.2, 0) is 0 Å². The predicted octanol–water partition coefficient (Wildman–Crippen LogP) is 3.01. The quantitative estimate of drug-likeness (QED) is 0.706. The first kappa shape index (κ1) is 23.4. The van der Waals surface area contributed by atoms with E-state index >= 15 is 0 Å². The van der Waals surface area contributed by atoms with Gasteiger partial charge in [0.05, 0.1) is 6.61 Å². The molecule has 1 amide bonds. The van der Waals surface area contributed by atoms with E-state index in [-0.39, 0.29) is 30.5 Å². The molecule has 0 aromatic heterocycles. The molecule has 2 fully saturated rings. The second kappa shape index (κ2) is 9.64. The number of hydrogen-bond donors (Lipinski definition) is 2. The van der Waals surface area contributed by atoms with Crippen molar-refractivity contribution in [3.8, 4) is 11.8 Å². The number of hydrogen-bond acceptors (Lipinski definition) is 4. The third kappa shape index (κ3) is 5.27. The van der Waals surface area contributed by atoms with Crippen LogP contribution in [0, 0.1) is 17.7 Å². The highest BCUT2D eigenvalue weighted by molar-refractivity contribution is 5.94. The Balaban J connectivity index is 1.56. The number of rotatable bonds is 3. The summed E-state index contributed by atoms with van der Waals surface area (Å²) >= 11 is 0. The first-order valence-corrected chi connectivity index (χ1v) is 11.5. The van der Waals surface area contributed by atoms with Gasteiger partial charge in [-0.3, -0.25) is 9.69 Å². The van der Waals surface area contributed by atoms with Gasteiger partial charge >= 0.3 is 0 Å². The maximum atomic E-state index is 13.7. The molecular formula is C27H31FN2O3. The summed E-state index contributed by atoms with van der Waals surface area (Å²) in [6.07, 6.45) is 1.82. The Labute approximate surface area is 194 Å². The minimum atomic E-state index is -1.05. The molecule has 0 saturated carbocycles. The molecule has 0 radical (unpaired) electrons. The Morgan fingerprint density at radius 3 is 2.55 bits per heavy atom. The summed E-state index contributed by atoms with van der Waals surface area (Å²) in [7, 11) is 0. The lowest BCUT2D eigenvalue weighted by molar-refractivity contribution is -0.0606. The number of carbonyl (C=O) groups is 1. The summed E-state index contributed by atoms with van der Waals surface area (Å²) in [5, 5.41) is 19.9. The average molecular weight is 451 g/mol. The molecule has 33 heavy (non-hydrogen) atoms. The van der Waals surface area contributed by atoms with E-state index in [0.717, 1.165) is 30.5 Å². The van der Waals surface area contributed by atoms with E-state index in [0.29, 0.717) is 18.7 Å². The molecule has 2 aliphatic rings. The van der Waals surface area contributed by atoms with Crippen LogP contribution in [0.2, 0.25) is 0 Å². The number of carbonyl (C=O) groups excluding carboxylic acids is 1. The zero-order valence-corrected chi connectivity index (χ0v) is 19.2. The molecule has 2 aromatic carbocycles. The lowest BCUT2D eigenvalue weighted by atomic mass is 9.74. The van der Waals surface area contributed by atoms with Crippen LogP contribution in [0.5, 0.6) is 0 Å². The van der Waals surface area contributed by atoms with Crippen LogP contribution in [0.4, 0.5) is 4.39 Å². The summed E-state index contributed by atoms with van der Waals surface area (Å²) < 4.78 is 13.7. The maximum absolute atomic E-state index is 13.7. The van der Waals surface area contributed by atoms with Crippen LogP contribution >= 0.6 is 0 Å². The zero-order chi connectivity index (χ0) is 23.6. The topological polar surface area (TPSA) is 64.0 Å². The summed E-state index contributed by atoms with van der Waals surface area (Å²) in [5.41, 5.74) is 1.23. The van der Waals surface area contributed by atoms with Crippen LogP contribution in [0.25, 0.3) is 0 Å². The van der Waals surface area contributed by atoms with E-state index < -0.39 is 11.4 Å². The highest BCUT2D eigenvalue weighted by Crippen LogP contribution is 2.42. The van der Waals surface area contributed by atoms with Crippen LogP contribution in [0.3, 0.4) is 0 Å². The molecule has 2 aromatic rings. The fourth-order valence-electron chi connectivity index (χ4n) is 4.94. The summed E-state index contributed by atoms with van der Waals surface area (Å²) in [6.45, 7) is 5.42. The van der Waals surface area contributed by atoms with Gasteiger partial charge in [-0.2, -0.15) is 0 Å². The average Bonchev–Trinajstić information content (AvgIpc) is 2.76. The Kier molecular flexibility index (Phi) is 6.85. The van der Waals surface area contributed by atoms with Gasteiger partial charge in [-0.1, -0.05) is 30.0 Å². The van der Waals surface area contributed by atoms with Crippen molar-refractivity contribution in [3.05, 3.63) is 71.0 Å². The van der Waals surface area contributed by atoms with Crippen LogP contribution < -0.4 is 0 Å². The molecule has 4 rings (SSSR count). The van der Waals surface area contributed by atoms with Gasteiger partial charge in [0, 0.05) is 42.2 Å². The van der Waals surface area contributed by atoms with Crippen molar-refractivity contribution in [3.63, 3.8) is 0 Å². The van der Waals surface area contributed by atoms with Crippen molar-refractivity contribution in [2.24, 2.45) is 0 Å². The highest BCUT2D eigenvalue weighted by Gasteiger charge is 2.49. The molecule has 2 aliphatic heterocycles. The van der Waals surface area contributed by atoms with Crippen molar-refractivity contribution < 1.29 is 19.4 Å². The molecule has 2 N–H and O–H groups in total. The van der Waals surface area contributed by atoms with Crippen molar-refractivity contribution in [1.82, 2.24) is 9.80 Å². The summed E-state index contributed by atoms with van der Waals surface area (Å²) in [5.74, 6) is 5.33. The minimum Gasteiger partial charge on any atom is -0.395 e. The Hall–Kier alpha value is -2.72. The number of nitrogens with zero attached hydrogens (tertiary/aromatic N) is 2. The molecule has 2 heterocycles. The largest absolute Gasteiger partial charge is 0.395 e. The van der Waals surface area contributed by atoms with Gasteiger partial charge in [0.1, 0.15) is 11.4 Å². The van der Waals surface area contributed by atoms with Gasteiger partial charge < -0.3 is 15.1 Å². The molecule has 0 unspecified atom stereocenters. The third-order valence-corrected chi connectivity index (χ3v) is 6.54. The lowest BCUT2D eigenvalue weighted by Crippen LogP contribution is -2.67. The molecule has 0 spiro atoms. The van der Waals surface area contributed by atoms with Gasteiger partial charge in [-0.15, -0.1) is 0 Å². The lowest BCUT2D eigenvalue weighted by Gasteiger charge is -2.57. The van der Waals surface area contributed by atoms with Gasteiger partial charge in [-0.25, -0.2) is 4.39 Å². The van der Waals surface area contributed by atoms with Crippen LogP contribution in [0.15, 0.2) is 48.5 Å². The first-order chi connectivity index (χ1) is 15.8. The van der Waals surface area contributed by atoms with E-state index in [1.165, 1.54) is 12.1 Å². The highest BCUT2D eigenvalue weighted by atomic mass is 19.1.